The molecule has 2 aromatic rings. The number of benzene rings is 2. The fourth-order valence-electron chi connectivity index (χ4n) is 2.05. The van der Waals surface area contributed by atoms with E-state index in [2.05, 4.69) is 0 Å². The minimum absolute atomic E-state index is 0.0374. The molecule has 0 saturated carbocycles. The summed E-state index contributed by atoms with van der Waals surface area (Å²) in [5, 5.41) is 0. The van der Waals surface area contributed by atoms with Crippen LogP contribution in [0.1, 0.15) is 5.56 Å². The molecule has 0 aromatic heterocycles. The van der Waals surface area contributed by atoms with Gasteiger partial charge in [0.15, 0.2) is 4.32 Å². The van der Waals surface area contributed by atoms with Crippen LogP contribution in [0.25, 0.3) is 6.08 Å². The third-order valence-corrected chi connectivity index (χ3v) is 4.43. The molecule has 7 heteroatoms. The molecule has 1 amide bonds. The Morgan fingerprint density at radius 2 is 1.65 bits per heavy atom. The van der Waals surface area contributed by atoms with Crippen LogP contribution in [0.2, 0.25) is 0 Å². The zero-order chi connectivity index (χ0) is 16.6. The molecule has 1 aliphatic rings. The van der Waals surface area contributed by atoms with Gasteiger partial charge < -0.3 is 0 Å². The monoisotopic (exact) mass is 351 g/mol. The lowest BCUT2D eigenvalue weighted by Crippen LogP contribution is -2.27. The van der Waals surface area contributed by atoms with Crippen molar-refractivity contribution in [3.05, 3.63) is 70.4 Å². The van der Waals surface area contributed by atoms with Crippen LogP contribution in [0, 0.1) is 17.5 Å². The van der Waals surface area contributed by atoms with E-state index in [0.717, 1.165) is 30.0 Å². The fourth-order valence-corrected chi connectivity index (χ4v) is 3.34. The van der Waals surface area contributed by atoms with Gasteiger partial charge in [0, 0.05) is 5.56 Å². The number of rotatable bonds is 2. The normalized spacial score (nSPS) is 16.5. The van der Waals surface area contributed by atoms with Gasteiger partial charge in [-0.2, -0.15) is 0 Å². The van der Waals surface area contributed by atoms with Gasteiger partial charge in [0.25, 0.3) is 5.91 Å². The first kappa shape index (κ1) is 15.8. The van der Waals surface area contributed by atoms with Gasteiger partial charge in [-0.1, -0.05) is 24.0 Å². The fraction of sp³-hybridized carbons (Fsp3) is 0. The number of thiocarbonyl (C=S) groups is 1. The first-order valence-corrected chi connectivity index (χ1v) is 7.67. The summed E-state index contributed by atoms with van der Waals surface area (Å²) >= 11 is 6.13. The summed E-state index contributed by atoms with van der Waals surface area (Å²) in [6, 6.07) is 8.25. The van der Waals surface area contributed by atoms with E-state index in [-0.39, 0.29) is 14.8 Å². The van der Waals surface area contributed by atoms with E-state index in [0.29, 0.717) is 5.69 Å². The average molecular weight is 351 g/mol. The van der Waals surface area contributed by atoms with Crippen molar-refractivity contribution in [2.45, 2.75) is 0 Å². The second kappa shape index (κ2) is 6.17. The molecule has 0 N–H and O–H groups in total. The molecule has 23 heavy (non-hydrogen) atoms. The lowest BCUT2D eigenvalue weighted by atomic mass is 10.2. The summed E-state index contributed by atoms with van der Waals surface area (Å²) in [4.78, 5) is 13.8. The van der Waals surface area contributed by atoms with Crippen LogP contribution in [0.5, 0.6) is 0 Å². The predicted octanol–water partition coefficient (Wildman–Crippen LogP) is 4.51. The number of carbonyl (C=O) groups excluding carboxylic acids is 1. The van der Waals surface area contributed by atoms with Crippen molar-refractivity contribution >= 4 is 46.0 Å². The lowest BCUT2D eigenvalue weighted by molar-refractivity contribution is -0.113. The third-order valence-electron chi connectivity index (χ3n) is 3.12. The molecule has 1 aliphatic heterocycles. The van der Waals surface area contributed by atoms with E-state index in [1.54, 1.807) is 0 Å². The summed E-state index contributed by atoms with van der Waals surface area (Å²) in [5.74, 6) is -2.14. The highest BCUT2D eigenvalue weighted by Gasteiger charge is 2.33. The maximum absolute atomic E-state index is 13.7. The van der Waals surface area contributed by atoms with Crippen LogP contribution in [0.3, 0.4) is 0 Å². The summed E-state index contributed by atoms with van der Waals surface area (Å²) in [6.07, 6.45) is 1.25. The van der Waals surface area contributed by atoms with E-state index in [1.165, 1.54) is 35.2 Å². The van der Waals surface area contributed by atoms with E-state index >= 15 is 0 Å². The molecular weight excluding hydrogens is 343 g/mol. The summed E-state index contributed by atoms with van der Waals surface area (Å²) in [5.41, 5.74) is 0.377. The molecule has 3 rings (SSSR count). The molecule has 0 aliphatic carbocycles. The van der Waals surface area contributed by atoms with Crippen molar-refractivity contribution in [2.75, 3.05) is 4.90 Å². The maximum Gasteiger partial charge on any atom is 0.270 e. The number of hydrogen-bond acceptors (Lipinski definition) is 3. The maximum atomic E-state index is 13.7. The van der Waals surface area contributed by atoms with E-state index in [9.17, 15) is 18.0 Å². The van der Waals surface area contributed by atoms with Gasteiger partial charge in [-0.25, -0.2) is 13.2 Å². The number of halogens is 3. The highest BCUT2D eigenvalue weighted by molar-refractivity contribution is 8.27. The Morgan fingerprint density at radius 3 is 2.35 bits per heavy atom. The zero-order valence-electron chi connectivity index (χ0n) is 11.4. The van der Waals surface area contributed by atoms with Crippen molar-refractivity contribution in [3.63, 3.8) is 0 Å². The lowest BCUT2D eigenvalue weighted by Gasteiger charge is -2.14. The number of thioether (sulfide) groups is 1. The predicted molar refractivity (Wildman–Crippen MR) is 88.4 cm³/mol. The van der Waals surface area contributed by atoms with Crippen molar-refractivity contribution in [3.8, 4) is 0 Å². The number of anilines is 1. The third kappa shape index (κ3) is 3.16. The van der Waals surface area contributed by atoms with E-state index in [4.69, 9.17) is 12.2 Å². The number of amides is 1. The molecular formula is C16H8F3NOS2. The standard InChI is InChI=1S/C16H8F3NOS2/c17-10-1-4-12(5-2-10)20-15(21)14(23-16(20)22)8-9-7-11(18)3-6-13(9)19/h1-8H/b14-8+. The second-order valence-electron chi connectivity index (χ2n) is 4.66. The summed E-state index contributed by atoms with van der Waals surface area (Å²) < 4.78 is 40.1. The van der Waals surface area contributed by atoms with Crippen LogP contribution in [-0.2, 0) is 4.79 Å². The molecule has 0 atom stereocenters. The molecule has 116 valence electrons. The smallest absolute Gasteiger partial charge is 0.268 e. The molecule has 1 fully saturated rings. The van der Waals surface area contributed by atoms with Gasteiger partial charge >= 0.3 is 0 Å². The molecule has 0 radical (unpaired) electrons. The summed E-state index contributed by atoms with van der Waals surface area (Å²) in [7, 11) is 0. The van der Waals surface area contributed by atoms with Crippen LogP contribution in [-0.4, -0.2) is 10.2 Å². The molecule has 0 bridgehead atoms. The van der Waals surface area contributed by atoms with Crippen LogP contribution in [0.15, 0.2) is 47.4 Å². The van der Waals surface area contributed by atoms with Gasteiger partial charge in [-0.3, -0.25) is 9.69 Å². The van der Waals surface area contributed by atoms with E-state index in [1.807, 2.05) is 0 Å². The van der Waals surface area contributed by atoms with Gasteiger partial charge in [-0.05, 0) is 48.5 Å². The highest BCUT2D eigenvalue weighted by Crippen LogP contribution is 2.36. The van der Waals surface area contributed by atoms with Crippen molar-refractivity contribution in [1.29, 1.82) is 0 Å². The molecule has 2 aromatic carbocycles. The van der Waals surface area contributed by atoms with Crippen LogP contribution in [0.4, 0.5) is 18.9 Å². The molecule has 1 heterocycles. The molecule has 0 spiro atoms. The minimum atomic E-state index is -0.640. The molecule has 2 nitrogen and oxygen atoms in total. The number of nitrogens with zero attached hydrogens (tertiary/aromatic N) is 1. The van der Waals surface area contributed by atoms with E-state index < -0.39 is 23.4 Å². The SMILES string of the molecule is O=C1/C(=C\c2cc(F)ccc2F)SC(=S)N1c1ccc(F)cc1. The van der Waals surface area contributed by atoms with Crippen LogP contribution >= 0.6 is 24.0 Å². The zero-order valence-corrected chi connectivity index (χ0v) is 13.1. The quantitative estimate of drug-likeness (QED) is 0.587. The van der Waals surface area contributed by atoms with Crippen molar-refractivity contribution < 1.29 is 18.0 Å². The Kier molecular flexibility index (Phi) is 4.23. The largest absolute Gasteiger partial charge is 0.270 e. The number of carbonyl (C=O) groups is 1. The Balaban J connectivity index is 1.96. The minimum Gasteiger partial charge on any atom is -0.268 e. The second-order valence-corrected chi connectivity index (χ2v) is 6.34. The molecule has 0 unspecified atom stereocenters. The first-order chi connectivity index (χ1) is 11.0. The average Bonchev–Trinajstić information content (AvgIpc) is 2.79. The summed E-state index contributed by atoms with van der Waals surface area (Å²) in [6.45, 7) is 0. The highest BCUT2D eigenvalue weighted by atomic mass is 32.2. The Bertz CT molecular complexity index is 834. The van der Waals surface area contributed by atoms with Gasteiger partial charge in [0.2, 0.25) is 0 Å². The Morgan fingerprint density at radius 1 is 1.00 bits per heavy atom. The topological polar surface area (TPSA) is 20.3 Å². The Labute approximate surface area is 139 Å². The van der Waals surface area contributed by atoms with Gasteiger partial charge in [-0.15, -0.1) is 0 Å². The van der Waals surface area contributed by atoms with Crippen molar-refractivity contribution in [1.82, 2.24) is 0 Å². The Hall–Kier alpha value is -2.12. The first-order valence-electron chi connectivity index (χ1n) is 6.44. The van der Waals surface area contributed by atoms with Crippen LogP contribution < -0.4 is 4.90 Å². The van der Waals surface area contributed by atoms with Gasteiger partial charge in [0.1, 0.15) is 17.5 Å². The molecule has 1 saturated heterocycles. The number of hydrogen-bond donors (Lipinski definition) is 0. The van der Waals surface area contributed by atoms with Gasteiger partial charge in [0.05, 0.1) is 10.6 Å². The van der Waals surface area contributed by atoms with Crippen molar-refractivity contribution in [2.24, 2.45) is 0 Å².